The molecule has 2 rings (SSSR count). The molecule has 0 radical (unpaired) electrons. The molecule has 0 saturated carbocycles. The molecule has 0 bridgehead atoms. The number of quaternary nitrogens is 1. The van der Waals surface area contributed by atoms with Crippen LogP contribution < -0.4 is 9.90 Å². The molecule has 2 amide bonds. The average Bonchev–Trinajstić information content (AvgIpc) is 2.53. The summed E-state index contributed by atoms with van der Waals surface area (Å²) < 4.78 is -0.290. The third-order valence-electron chi connectivity index (χ3n) is 3.02. The van der Waals surface area contributed by atoms with Crippen molar-refractivity contribution in [1.82, 2.24) is 0 Å². The van der Waals surface area contributed by atoms with Gasteiger partial charge in [0.15, 0.2) is 5.75 Å². The van der Waals surface area contributed by atoms with Crippen LogP contribution in [0.3, 0.4) is 0 Å². The van der Waals surface area contributed by atoms with Crippen LogP contribution in [0.1, 0.15) is 0 Å². The lowest BCUT2D eigenvalue weighted by Crippen LogP contribution is -2.53. The smallest absolute Gasteiger partial charge is 0.367 e. The maximum absolute atomic E-state index is 12.6. The minimum atomic E-state index is -0.340. The highest BCUT2D eigenvalue weighted by atomic mass is 16.7. The molecule has 21 heavy (non-hydrogen) atoms. The topological polar surface area (TPSA) is 38.8 Å². The number of anilines is 1. The first-order chi connectivity index (χ1) is 10.0. The number of hydroxylamine groups is 4. The predicted molar refractivity (Wildman–Crippen MR) is 80.5 cm³/mol. The molecule has 110 valence electrons. The zero-order valence-corrected chi connectivity index (χ0v) is 12.4. The van der Waals surface area contributed by atoms with Gasteiger partial charge in [-0.1, -0.05) is 41.5 Å². The Morgan fingerprint density at radius 2 is 1.48 bits per heavy atom. The zero-order chi connectivity index (χ0) is 15.3. The molecule has 5 nitrogen and oxygen atoms in total. The van der Waals surface area contributed by atoms with Gasteiger partial charge in [0.2, 0.25) is 0 Å². The van der Waals surface area contributed by atoms with E-state index in [0.717, 1.165) is 0 Å². The molecule has 5 heteroatoms. The third kappa shape index (κ3) is 3.59. The summed E-state index contributed by atoms with van der Waals surface area (Å²) >= 11 is 0. The number of rotatable bonds is 4. The quantitative estimate of drug-likeness (QED) is 0.640. The first-order valence-corrected chi connectivity index (χ1v) is 6.57. The molecule has 0 aliphatic carbocycles. The summed E-state index contributed by atoms with van der Waals surface area (Å²) in [6, 6.07) is 18.0. The Balaban J connectivity index is 2.34. The fourth-order valence-electron chi connectivity index (χ4n) is 1.65. The molecule has 0 atom stereocenters. The molecule has 0 N–H and O–H groups in total. The van der Waals surface area contributed by atoms with E-state index in [-0.39, 0.29) is 10.7 Å². The molecule has 0 unspecified atom stereocenters. The predicted octanol–water partition coefficient (Wildman–Crippen LogP) is 3.24. The molecule has 0 aliphatic rings. The molecule has 2 aromatic rings. The van der Waals surface area contributed by atoms with Crippen molar-refractivity contribution in [3.05, 3.63) is 60.7 Å². The molecule has 0 spiro atoms. The maximum Gasteiger partial charge on any atom is 0.488 e. The maximum atomic E-state index is 12.6. The van der Waals surface area contributed by atoms with E-state index in [1.807, 2.05) is 36.4 Å². The van der Waals surface area contributed by atoms with E-state index >= 15 is 0 Å². The largest absolute Gasteiger partial charge is 0.488 e. The van der Waals surface area contributed by atoms with E-state index in [1.165, 1.54) is 12.2 Å². The Hall–Kier alpha value is -2.37. The molecule has 0 heterocycles. The van der Waals surface area contributed by atoms with Crippen molar-refractivity contribution in [3.8, 4) is 5.75 Å². The van der Waals surface area contributed by atoms with Gasteiger partial charge in [-0.2, -0.15) is 9.63 Å². The second kappa shape index (κ2) is 6.39. The lowest BCUT2D eigenvalue weighted by atomic mass is 10.3. The van der Waals surface area contributed by atoms with E-state index < -0.39 is 0 Å². The van der Waals surface area contributed by atoms with Crippen molar-refractivity contribution in [2.75, 3.05) is 26.3 Å². The number of hydrogen-bond acceptors (Lipinski definition) is 3. The molecule has 0 saturated heterocycles. The Bertz CT molecular complexity index is 585. The van der Waals surface area contributed by atoms with Gasteiger partial charge < -0.3 is 4.84 Å². The second-order valence-corrected chi connectivity index (χ2v) is 4.85. The normalized spacial score (nSPS) is 11.0. The van der Waals surface area contributed by atoms with E-state index in [9.17, 15) is 4.79 Å². The van der Waals surface area contributed by atoms with Gasteiger partial charge >= 0.3 is 6.03 Å². The van der Waals surface area contributed by atoms with Gasteiger partial charge in [0.1, 0.15) is 14.1 Å². The van der Waals surface area contributed by atoms with E-state index in [0.29, 0.717) is 11.4 Å². The summed E-state index contributed by atoms with van der Waals surface area (Å²) in [5.74, 6) is 0.575. The molecule has 0 fully saturated rings. The van der Waals surface area contributed by atoms with Crippen LogP contribution in [0.5, 0.6) is 5.75 Å². The van der Waals surface area contributed by atoms with Gasteiger partial charge in [-0.3, -0.25) is 0 Å². The number of hydrogen-bond donors (Lipinski definition) is 0. The number of amides is 2. The van der Waals surface area contributed by atoms with Crippen molar-refractivity contribution in [1.29, 1.82) is 0 Å². The number of para-hydroxylation sites is 2. The lowest BCUT2D eigenvalue weighted by molar-refractivity contribution is -1.01. The number of urea groups is 1. The van der Waals surface area contributed by atoms with Crippen LogP contribution in [0.25, 0.3) is 0 Å². The Morgan fingerprint density at radius 1 is 0.952 bits per heavy atom. The summed E-state index contributed by atoms with van der Waals surface area (Å²) in [5.41, 5.74) is 0.634. The van der Waals surface area contributed by atoms with Crippen molar-refractivity contribution in [2.24, 2.45) is 0 Å². The summed E-state index contributed by atoms with van der Waals surface area (Å²) in [7, 11) is 4.77. The highest BCUT2D eigenvalue weighted by molar-refractivity contribution is 5.84. The SMILES string of the molecule is CO[N+](C)(C)C(=O)N(Oc1ccccc1)c1ccccc1. The van der Waals surface area contributed by atoms with E-state index in [2.05, 4.69) is 0 Å². The van der Waals surface area contributed by atoms with Crippen LogP contribution in [-0.4, -0.2) is 31.9 Å². The third-order valence-corrected chi connectivity index (χ3v) is 3.02. The Morgan fingerprint density at radius 3 is 2.00 bits per heavy atom. The van der Waals surface area contributed by atoms with Gasteiger partial charge in [0.05, 0.1) is 12.8 Å². The molecular weight excluding hydrogens is 268 g/mol. The van der Waals surface area contributed by atoms with Gasteiger partial charge in [-0.25, -0.2) is 0 Å². The van der Waals surface area contributed by atoms with Gasteiger partial charge in [0.25, 0.3) is 0 Å². The monoisotopic (exact) mass is 287 g/mol. The average molecular weight is 287 g/mol. The van der Waals surface area contributed by atoms with Gasteiger partial charge in [-0.05, 0) is 24.3 Å². The van der Waals surface area contributed by atoms with Crippen LogP contribution in [0, 0.1) is 0 Å². The van der Waals surface area contributed by atoms with E-state index in [1.54, 1.807) is 38.4 Å². The van der Waals surface area contributed by atoms with Crippen molar-refractivity contribution in [2.45, 2.75) is 0 Å². The number of nitrogens with zero attached hydrogens (tertiary/aromatic N) is 2. The summed E-state index contributed by atoms with van der Waals surface area (Å²) in [6.45, 7) is 0. The second-order valence-electron chi connectivity index (χ2n) is 4.85. The van der Waals surface area contributed by atoms with Crippen molar-refractivity contribution >= 4 is 11.7 Å². The molecule has 0 aromatic heterocycles. The van der Waals surface area contributed by atoms with Crippen LogP contribution in [0.2, 0.25) is 0 Å². The van der Waals surface area contributed by atoms with Crippen molar-refractivity contribution < 1.29 is 19.1 Å². The summed E-state index contributed by atoms with van der Waals surface area (Å²) in [4.78, 5) is 23.6. The number of carbonyl (C=O) groups excluding carboxylic acids is 1. The zero-order valence-electron chi connectivity index (χ0n) is 12.4. The highest BCUT2D eigenvalue weighted by Gasteiger charge is 2.36. The van der Waals surface area contributed by atoms with Crippen LogP contribution >= 0.6 is 0 Å². The minimum absolute atomic E-state index is 0.290. The summed E-state index contributed by atoms with van der Waals surface area (Å²) in [6.07, 6.45) is 0. The van der Waals surface area contributed by atoms with Crippen LogP contribution in [-0.2, 0) is 4.84 Å². The fraction of sp³-hybridized carbons (Fsp3) is 0.188. The molecule has 2 aromatic carbocycles. The summed E-state index contributed by atoms with van der Waals surface area (Å²) in [5, 5.41) is 1.23. The fourth-order valence-corrected chi connectivity index (χ4v) is 1.65. The van der Waals surface area contributed by atoms with Crippen LogP contribution in [0.4, 0.5) is 10.5 Å². The first-order valence-electron chi connectivity index (χ1n) is 6.57. The van der Waals surface area contributed by atoms with Gasteiger partial charge in [-0.15, -0.1) is 4.65 Å². The van der Waals surface area contributed by atoms with Crippen molar-refractivity contribution in [3.63, 3.8) is 0 Å². The Labute approximate surface area is 124 Å². The van der Waals surface area contributed by atoms with Gasteiger partial charge in [0, 0.05) is 0 Å². The van der Waals surface area contributed by atoms with Crippen LogP contribution in [0.15, 0.2) is 60.7 Å². The molecular formula is C16H19N2O3+. The standard InChI is InChI=1S/C16H19N2O3/c1-18(2,20-3)16(19)17(14-10-6-4-7-11-14)21-15-12-8-5-9-13-15/h4-13H,1-3H3/q+1. The molecule has 0 aliphatic heterocycles. The minimum Gasteiger partial charge on any atom is -0.367 e. The number of carbonyl (C=O) groups is 1. The lowest BCUT2D eigenvalue weighted by Gasteiger charge is -2.28. The Kier molecular flexibility index (Phi) is 4.57. The highest BCUT2D eigenvalue weighted by Crippen LogP contribution is 2.21. The first kappa shape index (κ1) is 15.0. The number of benzene rings is 2. The van der Waals surface area contributed by atoms with E-state index in [4.69, 9.17) is 9.68 Å².